The molecular weight excluding hydrogens is 562 g/mol. The fourth-order valence-corrected chi connectivity index (χ4v) is 7.92. The number of nitrogens with zero attached hydrogens (tertiary/aromatic N) is 1. The predicted octanol–water partition coefficient (Wildman–Crippen LogP) is 11.5. The van der Waals surface area contributed by atoms with E-state index in [0.717, 1.165) is 61.6 Å². The Bertz CT molecular complexity index is 2370. The fourth-order valence-electron chi connectivity index (χ4n) is 7.92. The maximum atomic E-state index is 6.72. The van der Waals surface area contributed by atoms with Crippen molar-refractivity contribution in [3.8, 4) is 22.6 Å². The van der Waals surface area contributed by atoms with E-state index in [2.05, 4.69) is 169 Å². The Morgan fingerprint density at radius 1 is 0.435 bits per heavy atom. The van der Waals surface area contributed by atoms with Crippen LogP contribution in [0.25, 0.3) is 33.1 Å². The third-order valence-electron chi connectivity index (χ3n) is 9.71. The van der Waals surface area contributed by atoms with Crippen molar-refractivity contribution in [2.45, 2.75) is 5.41 Å². The van der Waals surface area contributed by atoms with Gasteiger partial charge in [0.05, 0.1) is 16.5 Å². The summed E-state index contributed by atoms with van der Waals surface area (Å²) in [7, 11) is 0. The highest BCUT2D eigenvalue weighted by Crippen LogP contribution is 2.62. The van der Waals surface area contributed by atoms with Crippen molar-refractivity contribution >= 4 is 39.0 Å². The maximum Gasteiger partial charge on any atom is 0.137 e. The molecule has 0 fully saturated rings. The molecule has 0 saturated carbocycles. The van der Waals surface area contributed by atoms with Crippen LogP contribution in [0.3, 0.4) is 0 Å². The highest BCUT2D eigenvalue weighted by Gasteiger charge is 2.51. The summed E-state index contributed by atoms with van der Waals surface area (Å²) in [6, 6.07) is 58.0. The van der Waals surface area contributed by atoms with Crippen molar-refractivity contribution in [2.24, 2.45) is 0 Å². The topological polar surface area (TPSA) is 25.6 Å². The van der Waals surface area contributed by atoms with E-state index in [1.807, 2.05) is 0 Å². The van der Waals surface area contributed by atoms with Crippen LogP contribution in [0.2, 0.25) is 0 Å². The normalized spacial score (nSPS) is 13.6. The van der Waals surface area contributed by atoms with Crippen molar-refractivity contribution < 1.29 is 9.15 Å². The summed E-state index contributed by atoms with van der Waals surface area (Å²) in [6.07, 6.45) is 0. The number of ether oxygens (including phenoxy) is 1. The Morgan fingerprint density at radius 3 is 1.70 bits per heavy atom. The number of hydrogen-bond acceptors (Lipinski definition) is 3. The molecule has 0 atom stereocenters. The van der Waals surface area contributed by atoms with Crippen molar-refractivity contribution in [3.05, 3.63) is 186 Å². The SMILES string of the molecule is c1ccc(N(c2ccccc2)c2cccc3oc4cc5c(cc4c23)C2(c3ccccc3Oc3ccccc32)c2ccccc2-5)cc1. The molecule has 46 heavy (non-hydrogen) atoms. The van der Waals surface area contributed by atoms with Crippen LogP contribution in [-0.2, 0) is 5.41 Å². The highest BCUT2D eigenvalue weighted by atomic mass is 16.5. The zero-order valence-corrected chi connectivity index (χ0v) is 24.9. The van der Waals surface area contributed by atoms with Gasteiger partial charge in [-0.25, -0.2) is 0 Å². The lowest BCUT2D eigenvalue weighted by molar-refractivity contribution is 0.436. The summed E-state index contributed by atoms with van der Waals surface area (Å²) in [4.78, 5) is 2.33. The van der Waals surface area contributed by atoms with Crippen LogP contribution >= 0.6 is 0 Å². The monoisotopic (exact) mass is 589 g/mol. The van der Waals surface area contributed by atoms with Gasteiger partial charge in [0, 0.05) is 27.9 Å². The number of fused-ring (bicyclic) bond motifs is 12. The third kappa shape index (κ3) is 3.32. The van der Waals surface area contributed by atoms with Crippen LogP contribution in [0.15, 0.2) is 168 Å². The Morgan fingerprint density at radius 2 is 1.02 bits per heavy atom. The summed E-state index contributed by atoms with van der Waals surface area (Å²) in [5.74, 6) is 1.78. The lowest BCUT2D eigenvalue weighted by Gasteiger charge is -2.39. The molecule has 10 rings (SSSR count). The van der Waals surface area contributed by atoms with Gasteiger partial charge in [0.1, 0.15) is 22.7 Å². The third-order valence-corrected chi connectivity index (χ3v) is 9.71. The van der Waals surface area contributed by atoms with Gasteiger partial charge in [0.25, 0.3) is 0 Å². The molecule has 0 amide bonds. The lowest BCUT2D eigenvalue weighted by Crippen LogP contribution is -2.32. The second kappa shape index (κ2) is 9.47. The Kier molecular flexibility index (Phi) is 5.20. The Hall–Kier alpha value is -6.06. The lowest BCUT2D eigenvalue weighted by atomic mass is 9.66. The van der Waals surface area contributed by atoms with Crippen LogP contribution in [0, 0.1) is 0 Å². The molecule has 7 aromatic carbocycles. The van der Waals surface area contributed by atoms with Crippen LogP contribution in [0.5, 0.6) is 11.5 Å². The number of furan rings is 1. The first-order valence-electron chi connectivity index (χ1n) is 15.7. The highest BCUT2D eigenvalue weighted by molar-refractivity contribution is 6.15. The Labute approximate surface area is 266 Å². The van der Waals surface area contributed by atoms with Crippen molar-refractivity contribution in [1.82, 2.24) is 0 Å². The first-order chi connectivity index (χ1) is 22.8. The number of rotatable bonds is 3. The summed E-state index contributed by atoms with van der Waals surface area (Å²) in [6.45, 7) is 0. The zero-order valence-electron chi connectivity index (χ0n) is 24.9. The van der Waals surface area contributed by atoms with E-state index in [4.69, 9.17) is 9.15 Å². The summed E-state index contributed by atoms with van der Waals surface area (Å²) in [5, 5.41) is 2.18. The number of para-hydroxylation sites is 4. The molecule has 1 aliphatic heterocycles. The first kappa shape index (κ1) is 25.3. The molecule has 0 bridgehead atoms. The van der Waals surface area contributed by atoms with E-state index < -0.39 is 5.41 Å². The van der Waals surface area contributed by atoms with E-state index in [0.29, 0.717) is 0 Å². The van der Waals surface area contributed by atoms with Crippen molar-refractivity contribution in [3.63, 3.8) is 0 Å². The second-order valence-electron chi connectivity index (χ2n) is 12.0. The summed E-state index contributed by atoms with van der Waals surface area (Å²) in [5.41, 5.74) is 11.7. The zero-order chi connectivity index (χ0) is 30.2. The average Bonchev–Trinajstić information content (AvgIpc) is 3.62. The van der Waals surface area contributed by atoms with Gasteiger partial charge in [0.15, 0.2) is 0 Å². The van der Waals surface area contributed by atoms with Gasteiger partial charge in [-0.1, -0.05) is 103 Å². The van der Waals surface area contributed by atoms with E-state index >= 15 is 0 Å². The van der Waals surface area contributed by atoms with Gasteiger partial charge in [-0.2, -0.15) is 0 Å². The first-order valence-corrected chi connectivity index (χ1v) is 15.7. The Balaban J connectivity index is 1.33. The molecule has 0 N–H and O–H groups in total. The smallest absolute Gasteiger partial charge is 0.137 e. The molecular formula is C43H27NO2. The van der Waals surface area contributed by atoms with Crippen LogP contribution in [0.1, 0.15) is 22.3 Å². The van der Waals surface area contributed by atoms with Crippen LogP contribution in [0.4, 0.5) is 17.1 Å². The molecule has 1 spiro atoms. The minimum atomic E-state index is -0.539. The van der Waals surface area contributed by atoms with Gasteiger partial charge >= 0.3 is 0 Å². The predicted molar refractivity (Wildman–Crippen MR) is 186 cm³/mol. The van der Waals surface area contributed by atoms with Crippen molar-refractivity contribution in [1.29, 1.82) is 0 Å². The molecule has 3 heteroatoms. The molecule has 216 valence electrons. The molecule has 1 aromatic heterocycles. The minimum absolute atomic E-state index is 0.539. The minimum Gasteiger partial charge on any atom is -0.457 e. The molecule has 8 aromatic rings. The molecule has 0 unspecified atom stereocenters. The van der Waals surface area contributed by atoms with Gasteiger partial charge in [-0.15, -0.1) is 0 Å². The van der Waals surface area contributed by atoms with Gasteiger partial charge in [0.2, 0.25) is 0 Å². The van der Waals surface area contributed by atoms with E-state index in [1.54, 1.807) is 0 Å². The van der Waals surface area contributed by atoms with Crippen LogP contribution < -0.4 is 9.64 Å². The average molecular weight is 590 g/mol. The fraction of sp³-hybridized carbons (Fsp3) is 0.0233. The molecule has 1 aliphatic carbocycles. The second-order valence-corrected chi connectivity index (χ2v) is 12.0. The van der Waals surface area contributed by atoms with Crippen LogP contribution in [-0.4, -0.2) is 0 Å². The largest absolute Gasteiger partial charge is 0.457 e. The van der Waals surface area contributed by atoms with Gasteiger partial charge in [-0.3, -0.25) is 0 Å². The quantitative estimate of drug-likeness (QED) is 0.205. The van der Waals surface area contributed by atoms with Gasteiger partial charge < -0.3 is 14.1 Å². The number of anilines is 3. The van der Waals surface area contributed by atoms with E-state index in [-0.39, 0.29) is 0 Å². The van der Waals surface area contributed by atoms with Gasteiger partial charge in [-0.05, 0) is 82.9 Å². The summed E-state index contributed by atoms with van der Waals surface area (Å²) >= 11 is 0. The number of benzene rings is 7. The number of hydrogen-bond donors (Lipinski definition) is 0. The molecule has 3 nitrogen and oxygen atoms in total. The molecule has 2 aliphatic rings. The molecule has 0 radical (unpaired) electrons. The summed E-state index contributed by atoms with van der Waals surface area (Å²) < 4.78 is 13.3. The standard InChI is InChI=1S/C43H27NO2/c1-3-14-28(15-4-1)44(29-16-5-2-6-17-29)37-22-13-25-40-42(37)32-26-36-31(27-41(32)46-40)30-18-7-8-19-33(30)43(36)34-20-9-11-23-38(34)45-39-24-12-10-21-35(39)43/h1-27H. The van der Waals surface area contributed by atoms with Crippen molar-refractivity contribution in [2.75, 3.05) is 4.90 Å². The molecule has 0 saturated heterocycles. The van der Waals surface area contributed by atoms with E-state index in [9.17, 15) is 0 Å². The molecule has 2 heterocycles. The maximum absolute atomic E-state index is 6.72. The van der Waals surface area contributed by atoms with E-state index in [1.165, 1.54) is 22.3 Å².